The molecule has 0 nitrogen and oxygen atoms in total. The molecule has 0 N–H and O–H groups in total. The van der Waals surface area contributed by atoms with Gasteiger partial charge in [-0.3, -0.25) is 0 Å². The van der Waals surface area contributed by atoms with E-state index in [9.17, 15) is 0 Å². The maximum absolute atomic E-state index is 2.30. The second kappa shape index (κ2) is 16.3. The monoisotopic (exact) mass is 368 g/mol. The van der Waals surface area contributed by atoms with Crippen LogP contribution in [0, 0.1) is 5.41 Å². The summed E-state index contributed by atoms with van der Waals surface area (Å²) in [7, 11) is 0. The topological polar surface area (TPSA) is 0 Å². The van der Waals surface area contributed by atoms with Crippen LogP contribution in [0.2, 0.25) is 0 Å². The zero-order valence-electron chi connectivity index (χ0n) is 14.6. The van der Waals surface area contributed by atoms with Crippen LogP contribution in [0.1, 0.15) is 53.4 Å². The fraction of sp³-hybridized carbons (Fsp3) is 1.00. The van der Waals surface area contributed by atoms with Crippen molar-refractivity contribution in [3.8, 4) is 0 Å². The lowest BCUT2D eigenvalue weighted by molar-refractivity contribution is 0.515. The number of thioether (sulfide) groups is 4. The molecule has 21 heavy (non-hydrogen) atoms. The van der Waals surface area contributed by atoms with Gasteiger partial charge in [0.05, 0.1) is 0 Å². The molecule has 0 aliphatic rings. The Morgan fingerprint density at radius 1 is 0.476 bits per heavy atom. The molecule has 0 amide bonds. The molecule has 0 aromatic carbocycles. The molecule has 0 aliphatic heterocycles. The van der Waals surface area contributed by atoms with E-state index in [4.69, 9.17) is 0 Å². The van der Waals surface area contributed by atoms with Crippen molar-refractivity contribution in [3.63, 3.8) is 0 Å². The van der Waals surface area contributed by atoms with Crippen molar-refractivity contribution in [1.82, 2.24) is 0 Å². The Labute approximate surface area is 151 Å². The van der Waals surface area contributed by atoms with Gasteiger partial charge in [0.15, 0.2) is 0 Å². The van der Waals surface area contributed by atoms with Crippen LogP contribution in [-0.4, -0.2) is 46.0 Å². The number of hydrogen-bond donors (Lipinski definition) is 0. The standard InChI is InChI=1S/C17H36S4/c1-5-9-18-13-17(14-19-10-6-2,15-20-11-7-3)16-21-12-8-4/h5-16H2,1-4H3. The van der Waals surface area contributed by atoms with E-state index in [0.717, 1.165) is 0 Å². The fourth-order valence-electron chi connectivity index (χ4n) is 1.98. The van der Waals surface area contributed by atoms with Crippen LogP contribution in [-0.2, 0) is 0 Å². The smallest absolute Gasteiger partial charge is 0.00650 e. The zero-order chi connectivity index (χ0) is 15.8. The summed E-state index contributed by atoms with van der Waals surface area (Å²) in [6.07, 6.45) is 5.25. The highest BCUT2D eigenvalue weighted by Gasteiger charge is 2.29. The predicted octanol–water partition coefficient (Wildman–Crippen LogP) is 6.55. The molecule has 0 saturated heterocycles. The van der Waals surface area contributed by atoms with Gasteiger partial charge in [0.1, 0.15) is 0 Å². The van der Waals surface area contributed by atoms with Gasteiger partial charge in [-0.05, 0) is 48.7 Å². The lowest BCUT2D eigenvalue weighted by atomic mass is 9.99. The van der Waals surface area contributed by atoms with Crippen molar-refractivity contribution in [3.05, 3.63) is 0 Å². The molecule has 0 atom stereocenters. The van der Waals surface area contributed by atoms with Crippen molar-refractivity contribution in [1.29, 1.82) is 0 Å². The van der Waals surface area contributed by atoms with Gasteiger partial charge in [0, 0.05) is 28.4 Å². The molecule has 0 saturated carbocycles. The van der Waals surface area contributed by atoms with Crippen LogP contribution in [0.25, 0.3) is 0 Å². The van der Waals surface area contributed by atoms with E-state index in [1.54, 1.807) is 0 Å². The molecule has 0 spiro atoms. The van der Waals surface area contributed by atoms with E-state index < -0.39 is 0 Å². The van der Waals surface area contributed by atoms with Gasteiger partial charge >= 0.3 is 0 Å². The second-order valence-electron chi connectivity index (χ2n) is 5.71. The van der Waals surface area contributed by atoms with E-state index in [2.05, 4.69) is 74.7 Å². The van der Waals surface area contributed by atoms with Gasteiger partial charge < -0.3 is 0 Å². The summed E-state index contributed by atoms with van der Waals surface area (Å²) < 4.78 is 0. The number of hydrogen-bond acceptors (Lipinski definition) is 4. The van der Waals surface area contributed by atoms with Gasteiger partial charge in [0.25, 0.3) is 0 Å². The molecule has 0 unspecified atom stereocenters. The maximum atomic E-state index is 2.30. The van der Waals surface area contributed by atoms with E-state index in [0.29, 0.717) is 5.41 Å². The van der Waals surface area contributed by atoms with Crippen LogP contribution in [0.5, 0.6) is 0 Å². The summed E-state index contributed by atoms with van der Waals surface area (Å²) in [5, 5.41) is 0. The molecule has 4 heteroatoms. The average molecular weight is 369 g/mol. The first-order valence-corrected chi connectivity index (χ1v) is 13.2. The maximum Gasteiger partial charge on any atom is 0.00650 e. The molecule has 0 aromatic rings. The first kappa shape index (κ1) is 22.4. The largest absolute Gasteiger partial charge is 0.161 e. The highest BCUT2D eigenvalue weighted by Crippen LogP contribution is 2.35. The summed E-state index contributed by atoms with van der Waals surface area (Å²) in [5.74, 6) is 10.8. The third-order valence-corrected chi connectivity index (χ3v) is 9.08. The second-order valence-corrected chi connectivity index (χ2v) is 10.1. The minimum absolute atomic E-state index is 0.555. The molecule has 0 rings (SSSR count). The molecule has 0 fully saturated rings. The molecular formula is C17H36S4. The lowest BCUT2D eigenvalue weighted by Gasteiger charge is -2.33. The Balaban J connectivity index is 4.52. The van der Waals surface area contributed by atoms with Crippen molar-refractivity contribution in [2.75, 3.05) is 46.0 Å². The van der Waals surface area contributed by atoms with Gasteiger partial charge in [-0.1, -0.05) is 27.7 Å². The van der Waals surface area contributed by atoms with Crippen molar-refractivity contribution >= 4 is 47.0 Å². The van der Waals surface area contributed by atoms with Gasteiger partial charge in [-0.25, -0.2) is 0 Å². The average Bonchev–Trinajstić information content (AvgIpc) is 2.48. The van der Waals surface area contributed by atoms with Crippen LogP contribution in [0.15, 0.2) is 0 Å². The quantitative estimate of drug-likeness (QED) is 0.283. The van der Waals surface area contributed by atoms with E-state index >= 15 is 0 Å². The van der Waals surface area contributed by atoms with E-state index in [1.165, 1.54) is 71.7 Å². The molecule has 0 aromatic heterocycles. The van der Waals surface area contributed by atoms with Gasteiger partial charge in [0.2, 0.25) is 0 Å². The Bertz CT molecular complexity index is 163. The highest BCUT2D eigenvalue weighted by molar-refractivity contribution is 8.02. The van der Waals surface area contributed by atoms with E-state index in [1.807, 2.05) is 0 Å². The SMILES string of the molecule is CCCSCC(CSCCC)(CSCCC)CSCCC. The zero-order valence-corrected chi connectivity index (χ0v) is 17.9. The summed E-state index contributed by atoms with van der Waals surface area (Å²) in [5.41, 5.74) is 0.555. The summed E-state index contributed by atoms with van der Waals surface area (Å²) in [4.78, 5) is 0. The van der Waals surface area contributed by atoms with Crippen LogP contribution >= 0.6 is 47.0 Å². The third kappa shape index (κ3) is 12.5. The fourth-order valence-corrected chi connectivity index (χ4v) is 7.45. The molecule has 0 bridgehead atoms. The van der Waals surface area contributed by atoms with Crippen LogP contribution in [0.4, 0.5) is 0 Å². The number of rotatable bonds is 16. The first-order chi connectivity index (χ1) is 10.2. The van der Waals surface area contributed by atoms with Gasteiger partial charge in [-0.15, -0.1) is 0 Å². The normalized spacial score (nSPS) is 12.0. The lowest BCUT2D eigenvalue weighted by Crippen LogP contribution is -2.33. The Morgan fingerprint density at radius 3 is 0.905 bits per heavy atom. The highest BCUT2D eigenvalue weighted by atomic mass is 32.2. The van der Waals surface area contributed by atoms with Crippen molar-refractivity contribution in [2.24, 2.45) is 5.41 Å². The Hall–Kier alpha value is 1.40. The molecule has 0 radical (unpaired) electrons. The van der Waals surface area contributed by atoms with E-state index in [-0.39, 0.29) is 0 Å². The molecule has 128 valence electrons. The predicted molar refractivity (Wildman–Crippen MR) is 113 cm³/mol. The summed E-state index contributed by atoms with van der Waals surface area (Å²) in [6, 6.07) is 0. The molecular weight excluding hydrogens is 332 g/mol. The minimum Gasteiger partial charge on any atom is -0.161 e. The van der Waals surface area contributed by atoms with Crippen LogP contribution in [0.3, 0.4) is 0 Å². The summed E-state index contributed by atoms with van der Waals surface area (Å²) in [6.45, 7) is 9.21. The van der Waals surface area contributed by atoms with Gasteiger partial charge in [-0.2, -0.15) is 47.0 Å². The first-order valence-electron chi connectivity index (χ1n) is 8.55. The molecule has 0 heterocycles. The van der Waals surface area contributed by atoms with Crippen LogP contribution < -0.4 is 0 Å². The van der Waals surface area contributed by atoms with Crippen molar-refractivity contribution < 1.29 is 0 Å². The minimum atomic E-state index is 0.555. The van der Waals surface area contributed by atoms with Crippen molar-refractivity contribution in [2.45, 2.75) is 53.4 Å². The Kier molecular flexibility index (Phi) is 17.3. The molecule has 0 aliphatic carbocycles. The third-order valence-electron chi connectivity index (χ3n) is 3.03. The summed E-state index contributed by atoms with van der Waals surface area (Å²) >= 11 is 8.78. The Morgan fingerprint density at radius 2 is 0.714 bits per heavy atom.